The molecule has 3 heterocycles. The molecule has 2 aliphatic heterocycles. The molecule has 1 unspecified atom stereocenters. The van der Waals surface area contributed by atoms with Gasteiger partial charge < -0.3 is 19.5 Å². The molecule has 4 fully saturated rings. The Morgan fingerprint density at radius 2 is 1.92 bits per heavy atom. The average molecular weight is 562 g/mol. The van der Waals surface area contributed by atoms with Gasteiger partial charge >= 0.3 is 6.09 Å². The lowest BCUT2D eigenvalue weighted by Gasteiger charge is -2.45. The van der Waals surface area contributed by atoms with Crippen LogP contribution in [0.5, 0.6) is 0 Å². The predicted octanol–water partition coefficient (Wildman–Crippen LogP) is 3.02. The molecular formula is C24H36ClN3O6S2. The largest absolute Gasteiger partial charge is 0.441 e. The lowest BCUT2D eigenvalue weighted by Crippen LogP contribution is -2.61. The maximum absolute atomic E-state index is 13.9. The van der Waals surface area contributed by atoms with Gasteiger partial charge in [0.2, 0.25) is 0 Å². The van der Waals surface area contributed by atoms with E-state index in [0.717, 1.165) is 30.6 Å². The number of rotatable bonds is 8. The molecule has 202 valence electrons. The molecule has 2 saturated carbocycles. The van der Waals surface area contributed by atoms with Crippen molar-refractivity contribution in [1.82, 2.24) is 14.1 Å². The van der Waals surface area contributed by atoms with Crippen molar-refractivity contribution in [3.05, 3.63) is 16.5 Å². The summed E-state index contributed by atoms with van der Waals surface area (Å²) in [6.45, 7) is 6.84. The molecule has 2 atom stereocenters. The molecule has 36 heavy (non-hydrogen) atoms. The van der Waals surface area contributed by atoms with Gasteiger partial charge in [-0.1, -0.05) is 24.4 Å². The topological polar surface area (TPSA) is 99.6 Å². The number of piperazine rings is 1. The van der Waals surface area contributed by atoms with Crippen LogP contribution in [0.1, 0.15) is 46.0 Å². The summed E-state index contributed by atoms with van der Waals surface area (Å²) in [4.78, 5) is 17.1. The van der Waals surface area contributed by atoms with Crippen molar-refractivity contribution in [2.24, 2.45) is 5.92 Å². The van der Waals surface area contributed by atoms with Gasteiger partial charge in [0.05, 0.1) is 30.2 Å². The van der Waals surface area contributed by atoms with Crippen molar-refractivity contribution in [3.8, 4) is 0 Å². The molecule has 1 aromatic rings. The van der Waals surface area contributed by atoms with Gasteiger partial charge in [-0.2, -0.15) is 4.31 Å². The molecule has 0 aromatic carbocycles. The zero-order chi connectivity index (χ0) is 25.7. The number of nitrogens with zero attached hydrogens (tertiary/aromatic N) is 3. The number of halogens is 1. The number of sulfonamides is 1. The first-order valence-corrected chi connectivity index (χ1v) is 15.4. The van der Waals surface area contributed by atoms with Crippen molar-refractivity contribution in [2.45, 2.75) is 73.4 Å². The van der Waals surface area contributed by atoms with Crippen molar-refractivity contribution >= 4 is 39.1 Å². The molecule has 0 spiro atoms. The summed E-state index contributed by atoms with van der Waals surface area (Å²) < 4.78 is 42.1. The predicted molar refractivity (Wildman–Crippen MR) is 137 cm³/mol. The van der Waals surface area contributed by atoms with Crippen LogP contribution in [-0.4, -0.2) is 103 Å². The summed E-state index contributed by atoms with van der Waals surface area (Å²) >= 11 is 7.15. The fourth-order valence-corrected chi connectivity index (χ4v) is 8.81. The van der Waals surface area contributed by atoms with Crippen LogP contribution < -0.4 is 0 Å². The number of aliphatic hydroxyl groups is 1. The monoisotopic (exact) mass is 561 g/mol. The number of hydrogen-bond acceptors (Lipinski definition) is 8. The Morgan fingerprint density at radius 1 is 1.22 bits per heavy atom. The summed E-state index contributed by atoms with van der Waals surface area (Å²) in [5.74, 6) is 0.513. The van der Waals surface area contributed by atoms with E-state index in [0.29, 0.717) is 55.9 Å². The quantitative estimate of drug-likeness (QED) is 0.521. The average Bonchev–Trinajstić information content (AvgIpc) is 3.78. The van der Waals surface area contributed by atoms with Crippen LogP contribution in [-0.2, 0) is 19.5 Å². The number of ether oxygens (including phenoxy) is 2. The first-order valence-electron chi connectivity index (χ1n) is 12.8. The van der Waals surface area contributed by atoms with Gasteiger partial charge in [0, 0.05) is 37.8 Å². The molecule has 4 aliphatic rings. The van der Waals surface area contributed by atoms with Crippen LogP contribution >= 0.6 is 22.9 Å². The van der Waals surface area contributed by atoms with E-state index in [2.05, 4.69) is 4.90 Å². The molecule has 1 N–H and O–H groups in total. The van der Waals surface area contributed by atoms with Gasteiger partial charge in [-0.25, -0.2) is 13.2 Å². The number of carbonyl (C=O) groups is 1. The van der Waals surface area contributed by atoms with Gasteiger partial charge in [-0.15, -0.1) is 11.3 Å². The molecule has 1 aromatic heterocycles. The molecule has 9 nitrogen and oxygen atoms in total. The maximum atomic E-state index is 13.9. The highest BCUT2D eigenvalue weighted by Crippen LogP contribution is 2.49. The summed E-state index contributed by atoms with van der Waals surface area (Å²) in [5.41, 5.74) is -1.22. The van der Waals surface area contributed by atoms with E-state index >= 15 is 0 Å². The minimum atomic E-state index is -3.84. The Bertz CT molecular complexity index is 1060. The van der Waals surface area contributed by atoms with E-state index in [1.54, 1.807) is 21.3 Å². The van der Waals surface area contributed by atoms with Gasteiger partial charge in [0.25, 0.3) is 10.0 Å². The lowest BCUT2D eigenvalue weighted by molar-refractivity contribution is -0.0761. The van der Waals surface area contributed by atoms with Crippen molar-refractivity contribution in [3.63, 3.8) is 0 Å². The van der Waals surface area contributed by atoms with Crippen molar-refractivity contribution in [2.75, 3.05) is 46.0 Å². The highest BCUT2D eigenvalue weighted by Gasteiger charge is 2.61. The second-order valence-electron chi connectivity index (χ2n) is 11.2. The number of thiophene rings is 1. The lowest BCUT2D eigenvalue weighted by atomic mass is 10.0. The van der Waals surface area contributed by atoms with E-state index in [1.807, 2.05) is 13.8 Å². The van der Waals surface area contributed by atoms with Crippen molar-refractivity contribution < 1.29 is 27.8 Å². The van der Waals surface area contributed by atoms with Crippen LogP contribution in [0.4, 0.5) is 4.79 Å². The number of morpholine rings is 1. The molecule has 2 aliphatic carbocycles. The molecule has 12 heteroatoms. The number of carbonyl (C=O) groups excluding carboxylic acids is 1. The third kappa shape index (κ3) is 5.30. The Morgan fingerprint density at radius 3 is 2.47 bits per heavy atom. The summed E-state index contributed by atoms with van der Waals surface area (Å²) in [6.07, 6.45) is 3.78. The van der Waals surface area contributed by atoms with Gasteiger partial charge in [-0.05, 0) is 51.2 Å². The number of amides is 1. The summed E-state index contributed by atoms with van der Waals surface area (Å²) in [5, 5.41) is 9.66. The first kappa shape index (κ1) is 26.6. The SMILES string of the molecule is CC(C)(CO)N1CCN(C(=O)OC2(C3COC[C@@H](CC4CC4)N3S(=O)(=O)c3ccc(Cl)s3)CC2)CC1. The first-order chi connectivity index (χ1) is 17.1. The highest BCUT2D eigenvalue weighted by molar-refractivity contribution is 7.91. The zero-order valence-corrected chi connectivity index (χ0v) is 23.3. The second-order valence-corrected chi connectivity index (χ2v) is 14.9. The third-order valence-electron chi connectivity index (χ3n) is 8.06. The normalized spacial score (nSPS) is 27.7. The zero-order valence-electron chi connectivity index (χ0n) is 20.9. The highest BCUT2D eigenvalue weighted by atomic mass is 35.5. The van der Waals surface area contributed by atoms with Gasteiger partial charge in [-0.3, -0.25) is 4.90 Å². The van der Waals surface area contributed by atoms with E-state index in [1.165, 1.54) is 0 Å². The van der Waals surface area contributed by atoms with Crippen LogP contribution in [0.2, 0.25) is 4.34 Å². The van der Waals surface area contributed by atoms with Crippen molar-refractivity contribution in [1.29, 1.82) is 0 Å². The molecule has 0 radical (unpaired) electrons. The molecule has 5 rings (SSSR count). The maximum Gasteiger partial charge on any atom is 0.410 e. The smallest absolute Gasteiger partial charge is 0.410 e. The van der Waals surface area contributed by atoms with Crippen LogP contribution in [0, 0.1) is 5.92 Å². The Labute approximate surface area is 222 Å². The fourth-order valence-electron chi connectivity index (χ4n) is 5.37. The Kier molecular flexibility index (Phi) is 7.39. The van der Waals surface area contributed by atoms with Gasteiger partial charge in [0.15, 0.2) is 0 Å². The minimum absolute atomic E-state index is 0.0457. The molecule has 2 saturated heterocycles. The van der Waals surface area contributed by atoms with E-state index in [4.69, 9.17) is 21.1 Å². The molecule has 1 amide bonds. The standard InChI is InChI=1S/C24H36ClN3O6S2/c1-23(2,16-29)27-11-9-26(10-12-27)22(30)34-24(7-8-24)19-15-33-14-18(13-17-3-4-17)28(19)36(31,32)21-6-5-20(25)35-21/h5-6,17-19,29H,3-4,7-16H2,1-2H3/t18-,19?/m1/s1. The second kappa shape index (κ2) is 9.98. The minimum Gasteiger partial charge on any atom is -0.441 e. The van der Waals surface area contributed by atoms with E-state index < -0.39 is 27.8 Å². The number of hydrogen-bond donors (Lipinski definition) is 1. The summed E-state index contributed by atoms with van der Waals surface area (Å²) in [6, 6.07) is 2.30. The van der Waals surface area contributed by atoms with Crippen LogP contribution in [0.25, 0.3) is 0 Å². The Balaban J connectivity index is 1.33. The third-order valence-corrected chi connectivity index (χ3v) is 11.7. The fraction of sp³-hybridized carbons (Fsp3) is 0.792. The van der Waals surface area contributed by atoms with Crippen LogP contribution in [0.15, 0.2) is 16.3 Å². The number of aliphatic hydroxyl groups excluding tert-OH is 1. The van der Waals surface area contributed by atoms with E-state index in [9.17, 15) is 18.3 Å². The summed E-state index contributed by atoms with van der Waals surface area (Å²) in [7, 11) is -3.84. The van der Waals surface area contributed by atoms with E-state index in [-0.39, 0.29) is 29.0 Å². The molecular weight excluding hydrogens is 526 g/mol. The van der Waals surface area contributed by atoms with Crippen LogP contribution in [0.3, 0.4) is 0 Å². The molecule has 0 bridgehead atoms. The van der Waals surface area contributed by atoms with Gasteiger partial charge in [0.1, 0.15) is 9.81 Å². The Hall–Kier alpha value is -0.950.